The molecule has 11 heteroatoms. The monoisotopic (exact) mass is 689 g/mol. The van der Waals surface area contributed by atoms with Gasteiger partial charge in [-0.3, -0.25) is 14.3 Å². The van der Waals surface area contributed by atoms with Gasteiger partial charge in [0.05, 0.1) is 17.8 Å². The lowest BCUT2D eigenvalue weighted by Crippen LogP contribution is -2.39. The lowest BCUT2D eigenvalue weighted by molar-refractivity contribution is -0.120. The SMILES string of the molecule is CCn1ncc(C(C(=O)Nc2ccc(-c3c(C)nn(COCC[Si](C)(C)C)c3C)c(C)n2)C(C2CCCCC2)C2CCCCC2)c1C(N)=O. The smallest absolute Gasteiger partial charge is 0.267 e. The Labute approximate surface area is 294 Å². The largest absolute Gasteiger partial charge is 0.364 e. The molecule has 268 valence electrons. The van der Waals surface area contributed by atoms with Gasteiger partial charge in [-0.05, 0) is 63.6 Å². The number of anilines is 1. The summed E-state index contributed by atoms with van der Waals surface area (Å²) in [7, 11) is -1.17. The molecule has 2 amide bonds. The molecule has 0 saturated heterocycles. The van der Waals surface area contributed by atoms with E-state index in [1.165, 1.54) is 38.5 Å². The van der Waals surface area contributed by atoms with E-state index in [1.54, 1.807) is 10.9 Å². The number of amides is 2. The van der Waals surface area contributed by atoms with Gasteiger partial charge in [0.2, 0.25) is 5.91 Å². The van der Waals surface area contributed by atoms with Crippen molar-refractivity contribution in [2.45, 2.75) is 137 Å². The minimum atomic E-state index is -1.17. The van der Waals surface area contributed by atoms with E-state index in [1.807, 2.05) is 37.6 Å². The third-order valence-electron chi connectivity index (χ3n) is 11.0. The quantitative estimate of drug-likeness (QED) is 0.130. The first-order valence-corrected chi connectivity index (χ1v) is 22.4. The summed E-state index contributed by atoms with van der Waals surface area (Å²) in [5, 5.41) is 12.6. The number of aromatic nitrogens is 5. The van der Waals surface area contributed by atoms with Crippen molar-refractivity contribution in [3.8, 4) is 11.1 Å². The van der Waals surface area contributed by atoms with E-state index in [-0.39, 0.29) is 11.8 Å². The molecule has 2 fully saturated rings. The van der Waals surface area contributed by atoms with Crippen LogP contribution in [0, 0.1) is 38.5 Å². The molecule has 3 aromatic rings. The highest BCUT2D eigenvalue weighted by atomic mass is 28.3. The first-order chi connectivity index (χ1) is 23.4. The van der Waals surface area contributed by atoms with E-state index in [2.05, 4.69) is 37.0 Å². The number of carbonyl (C=O) groups excluding carboxylic acids is 2. The molecule has 0 aliphatic heterocycles. The Morgan fingerprint density at radius 3 is 2.14 bits per heavy atom. The highest BCUT2D eigenvalue weighted by molar-refractivity contribution is 6.76. The van der Waals surface area contributed by atoms with Crippen molar-refractivity contribution >= 4 is 25.7 Å². The lowest BCUT2D eigenvalue weighted by atomic mass is 9.63. The van der Waals surface area contributed by atoms with Crippen molar-refractivity contribution < 1.29 is 14.3 Å². The van der Waals surface area contributed by atoms with Crippen molar-refractivity contribution in [2.24, 2.45) is 23.5 Å². The second kappa shape index (κ2) is 16.1. The Balaban J connectivity index is 1.45. The van der Waals surface area contributed by atoms with Gasteiger partial charge in [-0.25, -0.2) is 9.67 Å². The zero-order chi connectivity index (χ0) is 35.3. The second-order valence-corrected chi connectivity index (χ2v) is 21.3. The van der Waals surface area contributed by atoms with Gasteiger partial charge in [0, 0.05) is 49.3 Å². The number of hydrogen-bond acceptors (Lipinski definition) is 6. The summed E-state index contributed by atoms with van der Waals surface area (Å²) in [6.07, 6.45) is 13.4. The number of hydrogen-bond donors (Lipinski definition) is 2. The molecular weight excluding hydrogens is 631 g/mol. The average Bonchev–Trinajstić information content (AvgIpc) is 3.62. The van der Waals surface area contributed by atoms with Crippen LogP contribution in [0.15, 0.2) is 18.3 Å². The number of rotatable bonds is 14. The summed E-state index contributed by atoms with van der Waals surface area (Å²) in [5.74, 6) is 0.230. The van der Waals surface area contributed by atoms with Crippen molar-refractivity contribution in [3.63, 3.8) is 0 Å². The van der Waals surface area contributed by atoms with Crippen LogP contribution in [0.25, 0.3) is 11.1 Å². The average molecular weight is 690 g/mol. The molecule has 0 bridgehead atoms. The number of nitrogens with zero attached hydrogens (tertiary/aromatic N) is 5. The zero-order valence-corrected chi connectivity index (χ0v) is 32.0. The predicted molar refractivity (Wildman–Crippen MR) is 198 cm³/mol. The first-order valence-electron chi connectivity index (χ1n) is 18.7. The maximum Gasteiger partial charge on any atom is 0.267 e. The van der Waals surface area contributed by atoms with E-state index >= 15 is 0 Å². The number of primary amides is 1. The minimum Gasteiger partial charge on any atom is -0.364 e. The summed E-state index contributed by atoms with van der Waals surface area (Å²) < 4.78 is 9.59. The molecule has 10 nitrogen and oxygen atoms in total. The van der Waals surface area contributed by atoms with Gasteiger partial charge in [-0.2, -0.15) is 10.2 Å². The fraction of sp³-hybridized carbons (Fsp3) is 0.658. The van der Waals surface area contributed by atoms with E-state index in [0.29, 0.717) is 42.2 Å². The number of nitrogens with two attached hydrogens (primary N) is 1. The number of carbonyl (C=O) groups is 2. The molecule has 3 aromatic heterocycles. The molecule has 0 radical (unpaired) electrons. The van der Waals surface area contributed by atoms with Gasteiger partial charge in [0.1, 0.15) is 18.2 Å². The number of nitrogens with one attached hydrogen (secondary N) is 1. The van der Waals surface area contributed by atoms with Crippen molar-refractivity contribution in [3.05, 3.63) is 46.7 Å². The van der Waals surface area contributed by atoms with Gasteiger partial charge < -0.3 is 15.8 Å². The molecule has 1 unspecified atom stereocenters. The van der Waals surface area contributed by atoms with Gasteiger partial charge in [0.15, 0.2) is 0 Å². The van der Waals surface area contributed by atoms with E-state index in [4.69, 9.17) is 20.6 Å². The molecule has 3 N–H and O–H groups in total. The van der Waals surface area contributed by atoms with Crippen LogP contribution in [0.4, 0.5) is 5.82 Å². The highest BCUT2D eigenvalue weighted by Gasteiger charge is 2.43. The fourth-order valence-corrected chi connectivity index (χ4v) is 9.22. The Bertz CT molecular complexity index is 1580. The molecule has 49 heavy (non-hydrogen) atoms. The number of pyridine rings is 1. The van der Waals surface area contributed by atoms with Gasteiger partial charge in [0.25, 0.3) is 5.91 Å². The third-order valence-corrected chi connectivity index (χ3v) is 12.7. The van der Waals surface area contributed by atoms with Gasteiger partial charge in [-0.15, -0.1) is 0 Å². The van der Waals surface area contributed by atoms with Crippen LogP contribution in [0.2, 0.25) is 25.7 Å². The standard InChI is InChI=1S/C38H59N7O3Si/c1-8-44-36(37(39)46)31(23-40-44)35(34(28-15-11-9-12-16-28)29-17-13-10-14-18-29)38(47)42-32-20-19-30(25(2)41-32)33-26(3)43-45(27(33)4)24-48-21-22-49(5,6)7/h19-20,23,28-29,34-35H,8-18,21-22,24H2,1-7H3,(H2,39,46)(H,41,42,47). The minimum absolute atomic E-state index is 0.109. The maximum absolute atomic E-state index is 14.7. The zero-order valence-electron chi connectivity index (χ0n) is 31.0. The van der Waals surface area contributed by atoms with Gasteiger partial charge in [-0.1, -0.05) is 83.8 Å². The highest BCUT2D eigenvalue weighted by Crippen LogP contribution is 2.48. The van der Waals surface area contributed by atoms with Crippen LogP contribution in [-0.4, -0.2) is 51.0 Å². The van der Waals surface area contributed by atoms with Crippen LogP contribution < -0.4 is 11.1 Å². The summed E-state index contributed by atoms with van der Waals surface area (Å²) in [6.45, 7) is 16.7. The molecule has 1 atom stereocenters. The van der Waals surface area contributed by atoms with E-state index in [0.717, 1.165) is 66.5 Å². The summed E-state index contributed by atoms with van der Waals surface area (Å²) in [5.41, 5.74) is 11.8. The molecule has 2 saturated carbocycles. The fourth-order valence-electron chi connectivity index (χ4n) is 8.47. The van der Waals surface area contributed by atoms with Crippen LogP contribution in [0.1, 0.15) is 110 Å². The Hall–Kier alpha value is -3.31. The van der Waals surface area contributed by atoms with Crippen molar-refractivity contribution in [1.29, 1.82) is 0 Å². The molecule has 0 spiro atoms. The molecule has 5 rings (SSSR count). The van der Waals surface area contributed by atoms with Crippen molar-refractivity contribution in [1.82, 2.24) is 24.5 Å². The second-order valence-electron chi connectivity index (χ2n) is 15.7. The molecular formula is C38H59N7O3Si. The molecule has 2 aliphatic rings. The molecule has 0 aromatic carbocycles. The predicted octanol–water partition coefficient (Wildman–Crippen LogP) is 8.00. The number of ether oxygens (including phenoxy) is 1. The van der Waals surface area contributed by atoms with Crippen LogP contribution in [0.5, 0.6) is 0 Å². The van der Waals surface area contributed by atoms with Crippen LogP contribution >= 0.6 is 0 Å². The maximum atomic E-state index is 14.7. The lowest BCUT2D eigenvalue weighted by Gasteiger charge is -2.41. The summed E-state index contributed by atoms with van der Waals surface area (Å²) >= 11 is 0. The molecule has 2 aliphatic carbocycles. The van der Waals surface area contributed by atoms with E-state index in [9.17, 15) is 9.59 Å². The van der Waals surface area contributed by atoms with Gasteiger partial charge >= 0.3 is 0 Å². The Morgan fingerprint density at radius 2 is 1.59 bits per heavy atom. The summed E-state index contributed by atoms with van der Waals surface area (Å²) in [6, 6.07) is 5.03. The normalized spacial score (nSPS) is 17.1. The van der Waals surface area contributed by atoms with Crippen LogP contribution in [-0.2, 0) is 22.8 Å². The summed E-state index contributed by atoms with van der Waals surface area (Å²) in [4.78, 5) is 32.5. The van der Waals surface area contributed by atoms with E-state index < -0.39 is 19.9 Å². The van der Waals surface area contributed by atoms with Crippen molar-refractivity contribution in [2.75, 3.05) is 11.9 Å². The Morgan fingerprint density at radius 1 is 0.959 bits per heavy atom. The Kier molecular flexibility index (Phi) is 12.2. The topological polar surface area (TPSA) is 130 Å². The molecule has 3 heterocycles. The first kappa shape index (κ1) is 37.0. The third kappa shape index (κ3) is 8.71. The number of aryl methyl sites for hydroxylation is 3. The van der Waals surface area contributed by atoms with Crippen LogP contribution in [0.3, 0.4) is 0 Å².